The Balaban J connectivity index is 2.00. The van der Waals surface area contributed by atoms with Gasteiger partial charge in [0.2, 0.25) is 5.91 Å². The lowest BCUT2D eigenvalue weighted by molar-refractivity contribution is -0.139. The molecule has 0 atom stereocenters. The van der Waals surface area contributed by atoms with Crippen molar-refractivity contribution in [3.63, 3.8) is 0 Å². The number of hydrogen-bond acceptors (Lipinski definition) is 6. The summed E-state index contributed by atoms with van der Waals surface area (Å²) in [6, 6.07) is 7.04. The third-order valence-corrected chi connectivity index (χ3v) is 4.21. The van der Waals surface area contributed by atoms with Crippen molar-refractivity contribution in [2.75, 3.05) is 18.2 Å². The van der Waals surface area contributed by atoms with Gasteiger partial charge in [0.15, 0.2) is 5.16 Å². The summed E-state index contributed by atoms with van der Waals surface area (Å²) in [5.41, 5.74) is 2.69. The van der Waals surface area contributed by atoms with Crippen molar-refractivity contribution in [3.8, 4) is 0 Å². The fraction of sp³-hybridized carbons (Fsp3) is 0.294. The summed E-state index contributed by atoms with van der Waals surface area (Å²) >= 11 is 1.09. The highest BCUT2D eigenvalue weighted by Gasteiger charge is 2.10. The largest absolute Gasteiger partial charge is 0.469 e. The van der Waals surface area contributed by atoms with Gasteiger partial charge in [-0.3, -0.25) is 14.4 Å². The second-order valence-corrected chi connectivity index (χ2v) is 6.41. The molecule has 0 saturated carbocycles. The standard InChI is InChI=1S/C17H19N3O4S/c1-10-4-5-11(2)13(6-10)19-15(22)9-25-17-18-12(7-14(21)20-17)8-16(23)24-3/h4-7H,8-9H2,1-3H3,(H,19,22)(H,18,20,21). The average Bonchev–Trinajstić information content (AvgIpc) is 2.55. The van der Waals surface area contributed by atoms with Crippen LogP contribution >= 0.6 is 11.8 Å². The van der Waals surface area contributed by atoms with Crippen LogP contribution < -0.4 is 10.9 Å². The first-order valence-electron chi connectivity index (χ1n) is 7.54. The number of esters is 1. The summed E-state index contributed by atoms with van der Waals surface area (Å²) in [6.07, 6.45) is -0.0946. The molecule has 132 valence electrons. The Morgan fingerprint density at radius 3 is 2.76 bits per heavy atom. The third-order valence-electron chi connectivity index (χ3n) is 3.33. The monoisotopic (exact) mass is 361 g/mol. The molecule has 0 bridgehead atoms. The topological polar surface area (TPSA) is 101 Å². The number of thioether (sulfide) groups is 1. The minimum atomic E-state index is -0.485. The minimum absolute atomic E-state index is 0.0813. The van der Waals surface area contributed by atoms with Gasteiger partial charge < -0.3 is 15.0 Å². The highest BCUT2D eigenvalue weighted by molar-refractivity contribution is 7.99. The van der Waals surface area contributed by atoms with Crippen molar-refractivity contribution < 1.29 is 14.3 Å². The number of carbonyl (C=O) groups is 2. The lowest BCUT2D eigenvalue weighted by Crippen LogP contribution is -2.17. The van der Waals surface area contributed by atoms with Crippen LogP contribution in [0.5, 0.6) is 0 Å². The summed E-state index contributed by atoms with van der Waals surface area (Å²) in [5, 5.41) is 3.12. The minimum Gasteiger partial charge on any atom is -0.469 e. The number of benzene rings is 1. The Labute approximate surface area is 149 Å². The van der Waals surface area contributed by atoms with E-state index in [-0.39, 0.29) is 28.8 Å². The molecule has 0 fully saturated rings. The predicted octanol–water partition coefficient (Wildman–Crippen LogP) is 1.83. The van der Waals surface area contributed by atoms with Gasteiger partial charge in [-0.15, -0.1) is 0 Å². The van der Waals surface area contributed by atoms with Crippen molar-refractivity contribution in [2.45, 2.75) is 25.4 Å². The maximum absolute atomic E-state index is 12.1. The summed E-state index contributed by atoms with van der Waals surface area (Å²) in [4.78, 5) is 41.7. The Morgan fingerprint density at radius 1 is 1.28 bits per heavy atom. The number of amides is 1. The van der Waals surface area contributed by atoms with Gasteiger partial charge in [0.1, 0.15) is 0 Å². The van der Waals surface area contributed by atoms with Crippen LogP contribution in [0, 0.1) is 13.8 Å². The quantitative estimate of drug-likeness (QED) is 0.462. The highest BCUT2D eigenvalue weighted by Crippen LogP contribution is 2.18. The van der Waals surface area contributed by atoms with Crippen LogP contribution in [0.1, 0.15) is 16.8 Å². The van der Waals surface area contributed by atoms with Crippen LogP contribution in [-0.2, 0) is 20.7 Å². The molecule has 1 aromatic heterocycles. The van der Waals surface area contributed by atoms with E-state index in [9.17, 15) is 14.4 Å². The van der Waals surface area contributed by atoms with Gasteiger partial charge in [-0.2, -0.15) is 0 Å². The molecule has 0 aliphatic heterocycles. The molecular formula is C17H19N3O4S. The van der Waals surface area contributed by atoms with E-state index in [1.807, 2.05) is 32.0 Å². The number of nitrogens with zero attached hydrogens (tertiary/aromatic N) is 1. The fourth-order valence-corrected chi connectivity index (χ4v) is 2.75. The number of H-pyrrole nitrogens is 1. The van der Waals surface area contributed by atoms with Crippen LogP contribution in [0.15, 0.2) is 34.2 Å². The van der Waals surface area contributed by atoms with Crippen LogP contribution in [-0.4, -0.2) is 34.7 Å². The summed E-state index contributed by atoms with van der Waals surface area (Å²) in [7, 11) is 1.27. The second-order valence-electron chi connectivity index (χ2n) is 5.45. The molecule has 0 saturated heterocycles. The number of nitrogens with one attached hydrogen (secondary N) is 2. The molecule has 0 spiro atoms. The van der Waals surface area contributed by atoms with E-state index in [1.165, 1.54) is 13.2 Å². The van der Waals surface area contributed by atoms with Crippen molar-refractivity contribution in [2.24, 2.45) is 0 Å². The maximum atomic E-state index is 12.1. The van der Waals surface area contributed by atoms with Crippen molar-refractivity contribution in [1.29, 1.82) is 0 Å². The number of anilines is 1. The van der Waals surface area contributed by atoms with Gasteiger partial charge in [0, 0.05) is 11.8 Å². The first-order chi connectivity index (χ1) is 11.9. The molecule has 25 heavy (non-hydrogen) atoms. The normalized spacial score (nSPS) is 10.4. The molecule has 8 heteroatoms. The molecule has 0 radical (unpaired) electrons. The number of methoxy groups -OCH3 is 1. The molecule has 0 unspecified atom stereocenters. The Bertz CT molecular complexity index is 848. The van der Waals surface area contributed by atoms with Crippen molar-refractivity contribution in [1.82, 2.24) is 9.97 Å². The molecule has 0 aliphatic rings. The number of aryl methyl sites for hydroxylation is 2. The molecule has 1 aromatic carbocycles. The first kappa shape index (κ1) is 18.7. The summed E-state index contributed by atoms with van der Waals surface area (Å²) < 4.78 is 4.56. The molecule has 2 N–H and O–H groups in total. The zero-order valence-corrected chi connectivity index (χ0v) is 15.0. The number of aromatic nitrogens is 2. The molecule has 1 heterocycles. The van der Waals surface area contributed by atoms with Gasteiger partial charge in [-0.25, -0.2) is 4.98 Å². The van der Waals surface area contributed by atoms with Crippen molar-refractivity contribution >= 4 is 29.3 Å². The number of hydrogen-bond donors (Lipinski definition) is 2. The fourth-order valence-electron chi connectivity index (χ4n) is 2.05. The molecule has 2 rings (SSSR count). The number of aromatic amines is 1. The van der Waals surface area contributed by atoms with Crippen molar-refractivity contribution in [3.05, 3.63) is 51.4 Å². The maximum Gasteiger partial charge on any atom is 0.311 e. The average molecular weight is 361 g/mol. The van der Waals surface area contributed by atoms with E-state index in [1.54, 1.807) is 0 Å². The van der Waals surface area contributed by atoms with E-state index in [0.717, 1.165) is 28.6 Å². The number of rotatable bonds is 6. The zero-order chi connectivity index (χ0) is 18.4. The highest BCUT2D eigenvalue weighted by atomic mass is 32.2. The second kappa shape index (κ2) is 8.48. The van der Waals surface area contributed by atoms with Gasteiger partial charge in [-0.1, -0.05) is 23.9 Å². The third kappa shape index (κ3) is 5.75. The summed E-state index contributed by atoms with van der Waals surface area (Å²) in [5.74, 6) is -0.612. The SMILES string of the molecule is COC(=O)Cc1cc(=O)[nH]c(SCC(=O)Nc2cc(C)ccc2C)n1. The van der Waals surface area contributed by atoms with Gasteiger partial charge in [0.05, 0.1) is 25.0 Å². The van der Waals surface area contributed by atoms with E-state index in [2.05, 4.69) is 20.0 Å². The zero-order valence-electron chi connectivity index (χ0n) is 14.2. The van der Waals surface area contributed by atoms with Gasteiger partial charge in [-0.05, 0) is 31.0 Å². The van der Waals surface area contributed by atoms with Crippen LogP contribution in [0.4, 0.5) is 5.69 Å². The molecule has 2 aromatic rings. The van der Waals surface area contributed by atoms with E-state index in [4.69, 9.17) is 0 Å². The van der Waals surface area contributed by atoms with E-state index >= 15 is 0 Å². The smallest absolute Gasteiger partial charge is 0.311 e. The Hall–Kier alpha value is -2.61. The van der Waals surface area contributed by atoms with Crippen LogP contribution in [0.25, 0.3) is 0 Å². The predicted molar refractivity (Wildman–Crippen MR) is 95.8 cm³/mol. The molecule has 1 amide bonds. The van der Waals surface area contributed by atoms with Crippen LogP contribution in [0.3, 0.4) is 0 Å². The first-order valence-corrected chi connectivity index (χ1v) is 8.53. The molecule has 0 aliphatic carbocycles. The Kier molecular flexibility index (Phi) is 6.35. The number of ether oxygens (including phenoxy) is 1. The van der Waals surface area contributed by atoms with Gasteiger partial charge in [0.25, 0.3) is 5.56 Å². The lowest BCUT2D eigenvalue weighted by Gasteiger charge is -2.09. The van der Waals surface area contributed by atoms with Crippen LogP contribution in [0.2, 0.25) is 0 Å². The number of carbonyl (C=O) groups excluding carboxylic acids is 2. The Morgan fingerprint density at radius 2 is 2.04 bits per heavy atom. The summed E-state index contributed by atoms with van der Waals surface area (Å²) in [6.45, 7) is 3.86. The van der Waals surface area contributed by atoms with E-state index in [0.29, 0.717) is 5.69 Å². The molecular weight excluding hydrogens is 342 g/mol. The van der Waals surface area contributed by atoms with E-state index < -0.39 is 5.97 Å². The molecule has 7 nitrogen and oxygen atoms in total. The lowest BCUT2D eigenvalue weighted by atomic mass is 10.1. The van der Waals surface area contributed by atoms with Gasteiger partial charge >= 0.3 is 5.97 Å².